The van der Waals surface area contributed by atoms with Crippen LogP contribution in [0.4, 0.5) is 15.8 Å². The summed E-state index contributed by atoms with van der Waals surface area (Å²) in [6.07, 6.45) is 12.0. The van der Waals surface area contributed by atoms with Crippen molar-refractivity contribution >= 4 is 44.7 Å². The molecule has 0 unspecified atom stereocenters. The van der Waals surface area contributed by atoms with E-state index in [1.54, 1.807) is 28.4 Å². The third-order valence-electron chi connectivity index (χ3n) is 8.69. The van der Waals surface area contributed by atoms with Gasteiger partial charge in [-0.1, -0.05) is 43.9 Å². The summed E-state index contributed by atoms with van der Waals surface area (Å²) in [4.78, 5) is 31.6. The third-order valence-corrected chi connectivity index (χ3v) is 9.55. The Balaban J connectivity index is 1.08. The Morgan fingerprint density at radius 2 is 1.74 bits per heavy atom. The number of allylic oxidation sites excluding steroid dienone is 1. The van der Waals surface area contributed by atoms with Gasteiger partial charge in [-0.15, -0.1) is 17.9 Å². The van der Waals surface area contributed by atoms with Crippen LogP contribution in [0.25, 0.3) is 10.1 Å². The highest BCUT2D eigenvalue weighted by Gasteiger charge is 2.26. The molecule has 0 radical (unpaired) electrons. The Morgan fingerprint density at radius 1 is 0.953 bits per heavy atom. The highest BCUT2D eigenvalue weighted by atomic mass is 32.1. The van der Waals surface area contributed by atoms with Crippen molar-refractivity contribution in [2.45, 2.75) is 70.6 Å². The number of fused-ring (bicyclic) bond motifs is 2. The highest BCUT2D eigenvalue weighted by molar-refractivity contribution is 7.17. The molecule has 3 heterocycles. The van der Waals surface area contributed by atoms with Gasteiger partial charge in [-0.05, 0) is 72.9 Å². The summed E-state index contributed by atoms with van der Waals surface area (Å²) in [5.74, 6) is -0.409. The number of ether oxygens (including phenoxy) is 1. The van der Waals surface area contributed by atoms with Gasteiger partial charge in [-0.3, -0.25) is 19.4 Å². The van der Waals surface area contributed by atoms with Crippen molar-refractivity contribution in [1.29, 1.82) is 0 Å². The van der Waals surface area contributed by atoms with E-state index >= 15 is 0 Å². The lowest BCUT2D eigenvalue weighted by atomic mass is 9.98. The summed E-state index contributed by atoms with van der Waals surface area (Å²) in [7, 11) is 0. The molecule has 5 rings (SSSR count). The fourth-order valence-electron chi connectivity index (χ4n) is 6.13. The van der Waals surface area contributed by atoms with Gasteiger partial charge in [0.1, 0.15) is 5.82 Å². The van der Waals surface area contributed by atoms with Gasteiger partial charge in [0, 0.05) is 61.3 Å². The van der Waals surface area contributed by atoms with E-state index in [-0.39, 0.29) is 24.4 Å². The maximum absolute atomic E-state index is 14.2. The second kappa shape index (κ2) is 15.5. The molecule has 43 heavy (non-hydrogen) atoms. The molecule has 8 heteroatoms. The molecule has 0 spiro atoms. The second-order valence-corrected chi connectivity index (χ2v) is 12.7. The van der Waals surface area contributed by atoms with Crippen LogP contribution in [-0.4, -0.2) is 56.2 Å². The summed E-state index contributed by atoms with van der Waals surface area (Å²) in [6, 6.07) is 11.7. The fourth-order valence-corrected chi connectivity index (χ4v) is 6.97. The molecule has 3 aromatic rings. The average molecular weight is 606 g/mol. The Hall–Kier alpha value is -3.23. The number of nitrogens with zero attached hydrogens (tertiary/aromatic N) is 3. The minimum Gasteiger partial charge on any atom is -0.444 e. The molecule has 2 aliphatic rings. The van der Waals surface area contributed by atoms with E-state index in [1.165, 1.54) is 24.8 Å². The minimum absolute atomic E-state index is 0.00479. The molecule has 1 fully saturated rings. The summed E-state index contributed by atoms with van der Waals surface area (Å²) < 4.78 is 20.8. The zero-order valence-corrected chi connectivity index (χ0v) is 26.0. The average Bonchev–Trinajstić information content (AvgIpc) is 3.49. The minimum atomic E-state index is -0.236. The van der Waals surface area contributed by atoms with Crippen LogP contribution < -0.4 is 9.80 Å². The first-order chi connectivity index (χ1) is 21.0. The lowest BCUT2D eigenvalue weighted by Gasteiger charge is -2.36. The summed E-state index contributed by atoms with van der Waals surface area (Å²) in [5.41, 5.74) is 4.16. The Morgan fingerprint density at radius 3 is 2.56 bits per heavy atom. The molecule has 0 N–H and O–H groups in total. The normalized spacial score (nSPS) is 15.6. The van der Waals surface area contributed by atoms with Gasteiger partial charge in [-0.25, -0.2) is 4.39 Å². The number of carbonyl (C=O) groups excluding carboxylic acids is 2. The van der Waals surface area contributed by atoms with Gasteiger partial charge in [0.25, 0.3) is 0 Å². The number of amides is 1. The van der Waals surface area contributed by atoms with Gasteiger partial charge < -0.3 is 9.64 Å². The number of anilines is 2. The van der Waals surface area contributed by atoms with Crippen LogP contribution in [0, 0.1) is 5.82 Å². The molecule has 2 aromatic carbocycles. The number of carbonyl (C=O) groups is 2. The van der Waals surface area contributed by atoms with E-state index in [1.807, 2.05) is 11.5 Å². The lowest BCUT2D eigenvalue weighted by molar-refractivity contribution is -0.144. The van der Waals surface area contributed by atoms with Crippen molar-refractivity contribution in [2.24, 2.45) is 0 Å². The van der Waals surface area contributed by atoms with E-state index < -0.39 is 0 Å². The molecule has 0 aliphatic carbocycles. The van der Waals surface area contributed by atoms with E-state index in [9.17, 15) is 14.0 Å². The summed E-state index contributed by atoms with van der Waals surface area (Å²) >= 11 is 1.58. The zero-order chi connectivity index (χ0) is 30.0. The van der Waals surface area contributed by atoms with Crippen molar-refractivity contribution in [3.63, 3.8) is 0 Å². The van der Waals surface area contributed by atoms with Crippen LogP contribution in [0.1, 0.15) is 68.9 Å². The van der Waals surface area contributed by atoms with Crippen LogP contribution >= 0.6 is 11.3 Å². The molecule has 2 aliphatic heterocycles. The maximum atomic E-state index is 14.2. The number of aryl methyl sites for hydroxylation is 1. The number of piperazine rings is 1. The zero-order valence-electron chi connectivity index (χ0n) is 25.2. The first kappa shape index (κ1) is 31.2. The predicted octanol–water partition coefficient (Wildman–Crippen LogP) is 7.49. The topological polar surface area (TPSA) is 53.1 Å². The van der Waals surface area contributed by atoms with Crippen molar-refractivity contribution in [3.8, 4) is 0 Å². The summed E-state index contributed by atoms with van der Waals surface area (Å²) in [6.45, 7) is 8.22. The number of hydrogen-bond donors (Lipinski definition) is 0. The third kappa shape index (κ3) is 8.45. The van der Waals surface area contributed by atoms with Gasteiger partial charge in [0.15, 0.2) is 6.73 Å². The standard InChI is InChI=1S/C35H44FN3O3S/c1-2-3-4-5-6-7-8-9-10-35(41)42-26-39-31-23-27(11-12-28(31)13-14-34(39)40)15-17-37-18-20-38(21-19-37)32-24-29(36)25-33-30(32)16-22-43-33/h2,11-12,16,22-25H,1,3-10,13-15,17-21,26H2. The molecule has 1 saturated heterocycles. The highest BCUT2D eigenvalue weighted by Crippen LogP contribution is 2.33. The van der Waals surface area contributed by atoms with Gasteiger partial charge in [0.05, 0.1) is 5.69 Å². The number of hydrogen-bond acceptors (Lipinski definition) is 6. The molecule has 230 valence electrons. The van der Waals surface area contributed by atoms with Crippen molar-refractivity contribution in [3.05, 3.63) is 71.4 Å². The Labute approximate surface area is 259 Å². The molecular formula is C35H44FN3O3S. The quantitative estimate of drug-likeness (QED) is 0.102. The number of rotatable bonds is 15. The number of unbranched alkanes of at least 4 members (excludes halogenated alkanes) is 6. The van der Waals surface area contributed by atoms with Gasteiger partial charge in [-0.2, -0.15) is 0 Å². The number of halogens is 1. The van der Waals surface area contributed by atoms with Crippen LogP contribution in [0.5, 0.6) is 0 Å². The van der Waals surface area contributed by atoms with Crippen LogP contribution in [-0.2, 0) is 27.2 Å². The Bertz CT molecular complexity index is 1400. The molecule has 0 saturated carbocycles. The molecular weight excluding hydrogens is 561 g/mol. The lowest BCUT2D eigenvalue weighted by Crippen LogP contribution is -2.47. The first-order valence-corrected chi connectivity index (χ1v) is 16.7. The van der Waals surface area contributed by atoms with Crippen molar-refractivity contribution in [2.75, 3.05) is 49.3 Å². The maximum Gasteiger partial charge on any atom is 0.307 e. The van der Waals surface area contributed by atoms with Crippen LogP contribution in [0.15, 0.2) is 54.4 Å². The number of thiophene rings is 1. The molecule has 0 bridgehead atoms. The fraction of sp³-hybridized carbons (Fsp3) is 0.486. The SMILES string of the molecule is C=CCCCCCCCCC(=O)OCN1C(=O)CCc2ccc(CCN3CCN(c4cc(F)cc5sccc45)CC3)cc21. The van der Waals surface area contributed by atoms with E-state index in [0.29, 0.717) is 19.3 Å². The van der Waals surface area contributed by atoms with Crippen LogP contribution in [0.2, 0.25) is 0 Å². The predicted molar refractivity (Wildman–Crippen MR) is 174 cm³/mol. The number of benzene rings is 2. The van der Waals surface area contributed by atoms with E-state index in [4.69, 9.17) is 4.74 Å². The molecule has 1 aromatic heterocycles. The Kier molecular flexibility index (Phi) is 11.2. The monoisotopic (exact) mass is 605 g/mol. The second-order valence-electron chi connectivity index (χ2n) is 11.7. The molecule has 0 atom stereocenters. The van der Waals surface area contributed by atoms with Crippen LogP contribution in [0.3, 0.4) is 0 Å². The number of esters is 1. The largest absolute Gasteiger partial charge is 0.444 e. The van der Waals surface area contributed by atoms with Crippen molar-refractivity contribution in [1.82, 2.24) is 4.90 Å². The molecule has 6 nitrogen and oxygen atoms in total. The summed E-state index contributed by atoms with van der Waals surface area (Å²) in [5, 5.41) is 3.15. The first-order valence-electron chi connectivity index (χ1n) is 15.8. The van der Waals surface area contributed by atoms with E-state index in [2.05, 4.69) is 40.6 Å². The van der Waals surface area contributed by atoms with Gasteiger partial charge in [0.2, 0.25) is 5.91 Å². The van der Waals surface area contributed by atoms with Crippen molar-refractivity contribution < 1.29 is 18.7 Å². The molecule has 1 amide bonds. The smallest absolute Gasteiger partial charge is 0.307 e. The van der Waals surface area contributed by atoms with Gasteiger partial charge >= 0.3 is 5.97 Å². The van der Waals surface area contributed by atoms with E-state index in [0.717, 1.165) is 91.9 Å².